The van der Waals surface area contributed by atoms with Crippen LogP contribution >= 0.6 is 0 Å². The molecule has 1 fully saturated rings. The standard InChI is InChI=1S/4C11H9F3O3.C5H11N.Eu/c4*1-17-9-5-3-2-4-7(9)8(15)6-10(16)11(12,13)14;1-2-4-6-5-3-1;/h4*2-6,15H,1H3;6H,1-5H2;/q;;;;;+3/p-4/b4*8-6-;;. The molecule has 4 aromatic carbocycles. The Morgan fingerprint density at radius 1 is 0.387 bits per heavy atom. The number of halogens is 12. The molecule has 408 valence electrons. The van der Waals surface area contributed by atoms with Crippen LogP contribution in [-0.4, -0.2) is 89.4 Å². The van der Waals surface area contributed by atoms with E-state index in [4.69, 9.17) is 18.9 Å². The molecule has 0 atom stereocenters. The summed E-state index contributed by atoms with van der Waals surface area (Å²) < 4.78 is 163. The van der Waals surface area contributed by atoms with E-state index in [9.17, 15) is 92.3 Å². The minimum atomic E-state index is -5.04. The molecule has 13 nitrogen and oxygen atoms in total. The van der Waals surface area contributed by atoms with Crippen LogP contribution in [0.25, 0.3) is 23.0 Å². The van der Waals surface area contributed by atoms with E-state index in [-0.39, 0.29) is 119 Å². The van der Waals surface area contributed by atoms with Crippen molar-refractivity contribution < 1.29 is 161 Å². The maximum atomic E-state index is 11.9. The normalized spacial score (nSPS) is 13.1. The molecule has 26 heteroatoms. The summed E-state index contributed by atoms with van der Waals surface area (Å²) in [5.74, 6) is -12.4. The Labute approximate surface area is 461 Å². The van der Waals surface area contributed by atoms with E-state index < -0.39 is 70.9 Å². The molecule has 1 saturated heterocycles. The zero-order valence-electron chi connectivity index (χ0n) is 39.4. The molecule has 0 bridgehead atoms. The van der Waals surface area contributed by atoms with Crippen molar-refractivity contribution in [2.24, 2.45) is 0 Å². The van der Waals surface area contributed by atoms with E-state index >= 15 is 0 Å². The number of ketones is 4. The molecule has 0 aliphatic carbocycles. The van der Waals surface area contributed by atoms with Crippen LogP contribution < -0.4 is 44.7 Å². The van der Waals surface area contributed by atoms with Gasteiger partial charge in [0.05, 0.1) is 28.4 Å². The quantitative estimate of drug-likeness (QED) is 0.0874. The topological polar surface area (TPSA) is 209 Å². The maximum absolute atomic E-state index is 11.9. The average molecular weight is 1220 g/mol. The molecule has 1 heterocycles. The molecule has 1 aliphatic heterocycles. The van der Waals surface area contributed by atoms with E-state index in [1.54, 1.807) is 24.3 Å². The van der Waals surface area contributed by atoms with Crippen molar-refractivity contribution in [2.75, 3.05) is 41.5 Å². The van der Waals surface area contributed by atoms with Gasteiger partial charge in [-0.25, -0.2) is 0 Å². The second-order valence-corrected chi connectivity index (χ2v) is 14.1. The Bertz CT molecular complexity index is 2250. The van der Waals surface area contributed by atoms with Gasteiger partial charge < -0.3 is 44.7 Å². The fourth-order valence-corrected chi connectivity index (χ4v) is 5.31. The van der Waals surface area contributed by atoms with Crippen LogP contribution in [0.2, 0.25) is 0 Å². The van der Waals surface area contributed by atoms with Gasteiger partial charge in [0.1, 0.15) is 23.0 Å². The van der Waals surface area contributed by atoms with Crippen molar-refractivity contribution in [3.63, 3.8) is 0 Å². The number of para-hydroxylation sites is 4. The van der Waals surface area contributed by atoms with Crippen molar-refractivity contribution in [1.82, 2.24) is 5.32 Å². The number of ether oxygens (including phenoxy) is 4. The van der Waals surface area contributed by atoms with Crippen LogP contribution in [0.3, 0.4) is 0 Å². The second-order valence-electron chi connectivity index (χ2n) is 14.1. The Morgan fingerprint density at radius 3 is 0.707 bits per heavy atom. The molecule has 0 aromatic heterocycles. The zero-order chi connectivity index (χ0) is 56.5. The number of piperidine rings is 1. The molecule has 75 heavy (non-hydrogen) atoms. The van der Waals surface area contributed by atoms with E-state index in [1.165, 1.54) is 134 Å². The van der Waals surface area contributed by atoms with Gasteiger partial charge in [-0.2, -0.15) is 52.7 Å². The van der Waals surface area contributed by atoms with Crippen LogP contribution in [0.1, 0.15) is 41.5 Å². The zero-order valence-corrected chi connectivity index (χ0v) is 41.8. The predicted octanol–water partition coefficient (Wildman–Crippen LogP) is 6.87. The van der Waals surface area contributed by atoms with Gasteiger partial charge >= 0.3 is 74.1 Å². The summed E-state index contributed by atoms with van der Waals surface area (Å²) in [6.07, 6.45) is -15.9. The van der Waals surface area contributed by atoms with Gasteiger partial charge in [0.15, 0.2) is 0 Å². The summed E-state index contributed by atoms with van der Waals surface area (Å²) >= 11 is 0. The Morgan fingerprint density at radius 2 is 0.573 bits per heavy atom. The predicted molar refractivity (Wildman–Crippen MR) is 235 cm³/mol. The van der Waals surface area contributed by atoms with Gasteiger partial charge in [0.25, 0.3) is 23.1 Å². The molecule has 4 aromatic rings. The molecular weight excluding hydrogens is 1170 g/mol. The van der Waals surface area contributed by atoms with E-state index in [2.05, 4.69) is 5.32 Å². The van der Waals surface area contributed by atoms with Crippen molar-refractivity contribution in [1.29, 1.82) is 0 Å². The number of hydrogen-bond donors (Lipinski definition) is 1. The maximum Gasteiger partial charge on any atom is 3.00 e. The minimum Gasteiger partial charge on any atom is -0.872 e. The number of methoxy groups -OCH3 is 4. The Hall–Kier alpha value is -6.38. The molecular formula is C49H43EuF12NO12-. The summed E-state index contributed by atoms with van der Waals surface area (Å²) in [6.45, 7) is 2.50. The molecule has 0 unspecified atom stereocenters. The number of allylic oxidation sites excluding steroid dienone is 4. The second kappa shape index (κ2) is 32.8. The van der Waals surface area contributed by atoms with Gasteiger partial charge in [0, 0.05) is 22.3 Å². The van der Waals surface area contributed by atoms with Crippen LogP contribution in [-0.2, 0) is 19.2 Å². The van der Waals surface area contributed by atoms with Crippen LogP contribution in [0.5, 0.6) is 23.0 Å². The summed E-state index contributed by atoms with van der Waals surface area (Å²) in [6, 6.07) is 22.8. The van der Waals surface area contributed by atoms with Gasteiger partial charge in [-0.3, -0.25) is 19.2 Å². The summed E-state index contributed by atoms with van der Waals surface area (Å²) in [4.78, 5) is 42.4. The summed E-state index contributed by atoms with van der Waals surface area (Å²) in [7, 11) is 5.10. The summed E-state index contributed by atoms with van der Waals surface area (Å²) in [5, 5.41) is 49.0. The molecule has 5 rings (SSSR count). The number of carbonyl (C=O) groups excluding carboxylic acids is 4. The van der Waals surface area contributed by atoms with Crippen LogP contribution in [0.4, 0.5) is 52.7 Å². The van der Waals surface area contributed by atoms with Crippen LogP contribution in [0, 0.1) is 49.4 Å². The summed E-state index contributed by atoms with van der Waals surface area (Å²) in [5.41, 5.74) is -0.361. The first-order valence-corrected chi connectivity index (χ1v) is 20.7. The van der Waals surface area contributed by atoms with Gasteiger partial charge in [-0.1, -0.05) is 102 Å². The third kappa shape index (κ3) is 25.1. The van der Waals surface area contributed by atoms with Crippen LogP contribution in [0.15, 0.2) is 121 Å². The third-order valence-electron chi connectivity index (χ3n) is 8.86. The number of carbonyl (C=O) groups is 4. The molecule has 0 spiro atoms. The number of hydrogen-bond acceptors (Lipinski definition) is 13. The number of rotatable bonds is 12. The van der Waals surface area contributed by atoms with E-state index in [0.717, 1.165) is 0 Å². The van der Waals surface area contributed by atoms with Crippen molar-refractivity contribution in [3.8, 4) is 23.0 Å². The molecule has 1 N–H and O–H groups in total. The Kier molecular flexibility index (Phi) is 30.0. The van der Waals surface area contributed by atoms with Crippen molar-refractivity contribution in [2.45, 2.75) is 44.0 Å². The van der Waals surface area contributed by atoms with E-state index in [1.807, 2.05) is 0 Å². The molecule has 1 aliphatic rings. The Balaban J connectivity index is 0.000000932. The van der Waals surface area contributed by atoms with Gasteiger partial charge in [-0.05, 0) is 74.5 Å². The van der Waals surface area contributed by atoms with E-state index in [0.29, 0.717) is 0 Å². The van der Waals surface area contributed by atoms with Gasteiger partial charge in [-0.15, -0.1) is 0 Å². The monoisotopic (exact) mass is 1220 g/mol. The van der Waals surface area contributed by atoms with Crippen molar-refractivity contribution >= 4 is 46.2 Å². The smallest absolute Gasteiger partial charge is 0.872 e. The fraction of sp³-hybridized carbons (Fsp3) is 0.265. The number of alkyl halides is 12. The minimum absolute atomic E-state index is 0. The first kappa shape index (κ1) is 68.6. The molecule has 0 radical (unpaired) electrons. The number of benzene rings is 4. The average Bonchev–Trinajstić information content (AvgIpc) is 3.36. The first-order valence-electron chi connectivity index (χ1n) is 20.7. The van der Waals surface area contributed by atoms with Crippen molar-refractivity contribution in [3.05, 3.63) is 144 Å². The molecule has 0 amide bonds. The van der Waals surface area contributed by atoms with Gasteiger partial charge in [0.2, 0.25) is 0 Å². The fourth-order valence-electron chi connectivity index (χ4n) is 5.31. The largest absolute Gasteiger partial charge is 3.00 e. The molecule has 0 saturated carbocycles. The first-order chi connectivity index (χ1) is 34.4. The SMILES string of the molecule is C1CCNCC1.COc1ccccc1/C([O-])=C/C(=O)C(F)(F)F.COc1ccccc1/C([O-])=C/C(=O)C(F)(F)F.COc1ccccc1/C([O-])=C/C(=O)C(F)(F)F.COc1ccccc1/C([O-])=C/C(=O)C(F)(F)F.[Eu+3]. The third-order valence-corrected chi connectivity index (χ3v) is 8.86. The number of nitrogens with one attached hydrogen (secondary N) is 1.